The highest BCUT2D eigenvalue weighted by Crippen LogP contribution is 2.49. The van der Waals surface area contributed by atoms with Crippen molar-refractivity contribution < 1.29 is 4.74 Å². The molecule has 2 fully saturated rings. The van der Waals surface area contributed by atoms with E-state index in [2.05, 4.69) is 27.1 Å². The number of nitrogens with one attached hydrogen (secondary N) is 3. The van der Waals surface area contributed by atoms with Gasteiger partial charge in [-0.3, -0.25) is 0 Å². The van der Waals surface area contributed by atoms with Crippen LogP contribution in [0.5, 0.6) is 5.75 Å². The van der Waals surface area contributed by atoms with Crippen LogP contribution in [0.25, 0.3) is 5.52 Å². The van der Waals surface area contributed by atoms with E-state index in [0.29, 0.717) is 24.1 Å². The Morgan fingerprint density at radius 3 is 2.74 bits per heavy atom. The van der Waals surface area contributed by atoms with Crippen LogP contribution in [0.15, 0.2) is 36.5 Å². The third-order valence-electron chi connectivity index (χ3n) is 6.06. The highest BCUT2D eigenvalue weighted by atomic mass is 16.5. The van der Waals surface area contributed by atoms with Crippen LogP contribution < -0.4 is 20.7 Å². The minimum atomic E-state index is 0.321. The second-order valence-corrected chi connectivity index (χ2v) is 8.30. The number of pyridine rings is 1. The van der Waals surface area contributed by atoms with E-state index < -0.39 is 0 Å². The van der Waals surface area contributed by atoms with Crippen molar-refractivity contribution in [3.63, 3.8) is 0 Å². The number of hydrogen-bond donors (Lipinski definition) is 3. The molecule has 7 heteroatoms. The van der Waals surface area contributed by atoms with E-state index in [1.165, 1.54) is 5.56 Å². The smallest absolute Gasteiger partial charge is 0.138 e. The standard InChI is InChI=1S/C24H28N6O/c1-2-31-19-9-7-17(8-10-19)29-24-22(16-5-6-16)23(28-18-4-3-12-26-15-18)20(14-25)21-11-13-27-30(21)24/h7-11,13,16,18,26,28-29H,2-6,12,15H2,1H3/t18-/m0/s1. The van der Waals surface area contributed by atoms with E-state index in [-0.39, 0.29) is 0 Å². The molecule has 0 radical (unpaired) electrons. The summed E-state index contributed by atoms with van der Waals surface area (Å²) in [6, 6.07) is 12.7. The van der Waals surface area contributed by atoms with E-state index in [1.54, 1.807) is 6.20 Å². The molecule has 1 saturated carbocycles. The van der Waals surface area contributed by atoms with Gasteiger partial charge in [0.2, 0.25) is 0 Å². The fraction of sp³-hybridized carbons (Fsp3) is 0.417. The number of nitriles is 1. The van der Waals surface area contributed by atoms with Gasteiger partial charge in [0.1, 0.15) is 23.2 Å². The van der Waals surface area contributed by atoms with Crippen molar-refractivity contribution in [1.29, 1.82) is 5.26 Å². The molecule has 1 atom stereocenters. The van der Waals surface area contributed by atoms with Gasteiger partial charge in [0.25, 0.3) is 0 Å². The second kappa shape index (κ2) is 8.48. The molecule has 5 rings (SSSR count). The van der Waals surface area contributed by atoms with Crippen LogP contribution in [-0.2, 0) is 0 Å². The molecule has 0 spiro atoms. The fourth-order valence-electron chi connectivity index (χ4n) is 4.44. The number of ether oxygens (including phenoxy) is 1. The zero-order valence-corrected chi connectivity index (χ0v) is 17.8. The van der Waals surface area contributed by atoms with E-state index in [1.807, 2.05) is 41.8 Å². The van der Waals surface area contributed by atoms with Crippen LogP contribution in [0.1, 0.15) is 49.7 Å². The quantitative estimate of drug-likeness (QED) is 0.530. The van der Waals surface area contributed by atoms with E-state index in [0.717, 1.165) is 67.2 Å². The molecule has 2 aliphatic rings. The molecule has 2 aromatic heterocycles. The molecular formula is C24H28N6O. The number of piperidine rings is 1. The summed E-state index contributed by atoms with van der Waals surface area (Å²) in [5.74, 6) is 2.23. The molecule has 31 heavy (non-hydrogen) atoms. The van der Waals surface area contributed by atoms with Gasteiger partial charge >= 0.3 is 0 Å². The monoisotopic (exact) mass is 416 g/mol. The summed E-state index contributed by atoms with van der Waals surface area (Å²) in [6.45, 7) is 4.61. The summed E-state index contributed by atoms with van der Waals surface area (Å²) in [6.07, 6.45) is 6.28. The Labute approximate surface area is 182 Å². The van der Waals surface area contributed by atoms with Gasteiger partial charge in [-0.2, -0.15) is 10.4 Å². The number of benzene rings is 1. The van der Waals surface area contributed by atoms with Gasteiger partial charge in [-0.15, -0.1) is 0 Å². The number of anilines is 3. The summed E-state index contributed by atoms with van der Waals surface area (Å²) < 4.78 is 7.46. The Kier molecular flexibility index (Phi) is 5.39. The third-order valence-corrected chi connectivity index (χ3v) is 6.06. The first-order valence-electron chi connectivity index (χ1n) is 11.2. The number of rotatable bonds is 7. The predicted molar refractivity (Wildman–Crippen MR) is 122 cm³/mol. The van der Waals surface area contributed by atoms with Crippen LogP contribution in [0.2, 0.25) is 0 Å². The Bertz CT molecular complexity index is 1100. The van der Waals surface area contributed by atoms with Crippen LogP contribution >= 0.6 is 0 Å². The van der Waals surface area contributed by atoms with Crippen molar-refractivity contribution in [2.45, 2.75) is 44.6 Å². The van der Waals surface area contributed by atoms with Gasteiger partial charge in [0.05, 0.1) is 24.0 Å². The largest absolute Gasteiger partial charge is 0.494 e. The van der Waals surface area contributed by atoms with Gasteiger partial charge in [0, 0.05) is 23.8 Å². The first kappa shape index (κ1) is 19.7. The van der Waals surface area contributed by atoms with Crippen molar-refractivity contribution in [2.75, 3.05) is 30.3 Å². The van der Waals surface area contributed by atoms with Gasteiger partial charge in [-0.25, -0.2) is 4.52 Å². The van der Waals surface area contributed by atoms with Gasteiger partial charge in [-0.1, -0.05) is 0 Å². The molecule has 3 heterocycles. The molecule has 1 aromatic carbocycles. The highest BCUT2D eigenvalue weighted by molar-refractivity contribution is 5.83. The molecule has 1 aliphatic heterocycles. The van der Waals surface area contributed by atoms with Crippen molar-refractivity contribution in [1.82, 2.24) is 14.9 Å². The second-order valence-electron chi connectivity index (χ2n) is 8.30. The molecule has 0 bridgehead atoms. The van der Waals surface area contributed by atoms with Crippen LogP contribution in [0, 0.1) is 11.3 Å². The lowest BCUT2D eigenvalue weighted by molar-refractivity contribution is 0.340. The lowest BCUT2D eigenvalue weighted by Crippen LogP contribution is -2.38. The normalized spacial score (nSPS) is 18.5. The lowest BCUT2D eigenvalue weighted by Gasteiger charge is -2.28. The highest BCUT2D eigenvalue weighted by Gasteiger charge is 2.34. The maximum atomic E-state index is 10.1. The van der Waals surface area contributed by atoms with Crippen molar-refractivity contribution in [3.05, 3.63) is 47.7 Å². The van der Waals surface area contributed by atoms with Crippen molar-refractivity contribution in [2.24, 2.45) is 0 Å². The van der Waals surface area contributed by atoms with E-state index in [4.69, 9.17) is 4.74 Å². The number of nitrogens with zero attached hydrogens (tertiary/aromatic N) is 3. The average Bonchev–Trinajstić information content (AvgIpc) is 3.52. The number of fused-ring (bicyclic) bond motifs is 1. The predicted octanol–water partition coefficient (Wildman–Crippen LogP) is 4.39. The van der Waals surface area contributed by atoms with Crippen molar-refractivity contribution >= 4 is 22.7 Å². The van der Waals surface area contributed by atoms with E-state index >= 15 is 0 Å². The molecule has 3 aromatic rings. The Balaban J connectivity index is 1.60. The lowest BCUT2D eigenvalue weighted by atomic mass is 10.0. The Morgan fingerprint density at radius 2 is 2.06 bits per heavy atom. The maximum absolute atomic E-state index is 10.1. The molecule has 0 unspecified atom stereocenters. The molecule has 1 aliphatic carbocycles. The fourth-order valence-corrected chi connectivity index (χ4v) is 4.44. The molecule has 3 N–H and O–H groups in total. The maximum Gasteiger partial charge on any atom is 0.138 e. The molecule has 160 valence electrons. The summed E-state index contributed by atoms with van der Waals surface area (Å²) in [4.78, 5) is 0. The zero-order valence-electron chi connectivity index (χ0n) is 17.8. The van der Waals surface area contributed by atoms with Crippen LogP contribution in [0.3, 0.4) is 0 Å². The molecular weight excluding hydrogens is 388 g/mol. The topological polar surface area (TPSA) is 86.4 Å². The average molecular weight is 417 g/mol. The first-order chi connectivity index (χ1) is 15.3. The van der Waals surface area contributed by atoms with Gasteiger partial charge in [-0.05, 0) is 75.4 Å². The van der Waals surface area contributed by atoms with E-state index in [9.17, 15) is 5.26 Å². The third kappa shape index (κ3) is 3.91. The molecule has 7 nitrogen and oxygen atoms in total. The van der Waals surface area contributed by atoms with Crippen LogP contribution in [0.4, 0.5) is 17.2 Å². The molecule has 0 amide bonds. The molecule has 1 saturated heterocycles. The van der Waals surface area contributed by atoms with Gasteiger partial charge < -0.3 is 20.7 Å². The zero-order chi connectivity index (χ0) is 21.2. The Morgan fingerprint density at radius 1 is 1.23 bits per heavy atom. The minimum absolute atomic E-state index is 0.321. The summed E-state index contributed by atoms with van der Waals surface area (Å²) >= 11 is 0. The minimum Gasteiger partial charge on any atom is -0.494 e. The summed E-state index contributed by atoms with van der Waals surface area (Å²) in [5.41, 5.74) is 4.62. The van der Waals surface area contributed by atoms with Gasteiger partial charge in [0.15, 0.2) is 0 Å². The van der Waals surface area contributed by atoms with Crippen LogP contribution in [-0.4, -0.2) is 35.4 Å². The SMILES string of the molecule is CCOc1ccc(Nc2c(C3CC3)c(N[C@H]3CCCNC3)c(C#N)c3ccnn23)cc1. The Hall–Kier alpha value is -3.24. The number of hydrogen-bond acceptors (Lipinski definition) is 6. The first-order valence-corrected chi connectivity index (χ1v) is 11.2. The number of aromatic nitrogens is 2. The van der Waals surface area contributed by atoms with Crippen molar-refractivity contribution in [3.8, 4) is 11.8 Å². The summed E-state index contributed by atoms with van der Waals surface area (Å²) in [5, 5.41) is 25.4. The summed E-state index contributed by atoms with van der Waals surface area (Å²) in [7, 11) is 0.